The minimum atomic E-state index is 0.655. The van der Waals surface area contributed by atoms with Crippen LogP contribution in [0.1, 0.15) is 24.2 Å². The predicted octanol–water partition coefficient (Wildman–Crippen LogP) is 2.29. The number of hydrogen-bond acceptors (Lipinski definition) is 4. The van der Waals surface area contributed by atoms with Crippen molar-refractivity contribution in [1.29, 1.82) is 5.26 Å². The Morgan fingerprint density at radius 2 is 2.17 bits per heavy atom. The summed E-state index contributed by atoms with van der Waals surface area (Å²) in [6, 6.07) is 5.80. The smallest absolute Gasteiger partial charge is 0.160 e. The fraction of sp³-hybridized carbons (Fsp3) is 0.462. The first-order valence-electron chi connectivity index (χ1n) is 6.18. The van der Waals surface area contributed by atoms with E-state index in [9.17, 15) is 0 Å². The summed E-state index contributed by atoms with van der Waals surface area (Å²) in [4.78, 5) is 0. The average molecular weight is 258 g/mol. The van der Waals surface area contributed by atoms with Crippen molar-refractivity contribution in [1.82, 2.24) is 14.6 Å². The van der Waals surface area contributed by atoms with E-state index in [1.54, 1.807) is 6.07 Å². The topological polar surface area (TPSA) is 54.0 Å². The second-order valence-corrected chi connectivity index (χ2v) is 5.86. The normalized spacial score (nSPS) is 16.8. The SMILES string of the molecule is N#Cc1ccc2nnc(CC3CCSCC3)n2c1. The van der Waals surface area contributed by atoms with Crippen molar-refractivity contribution in [3.05, 3.63) is 29.7 Å². The van der Waals surface area contributed by atoms with Crippen LogP contribution in [0.15, 0.2) is 18.3 Å². The molecule has 0 spiro atoms. The molecule has 3 rings (SSSR count). The van der Waals surface area contributed by atoms with Crippen LogP contribution in [0.3, 0.4) is 0 Å². The van der Waals surface area contributed by atoms with E-state index in [1.165, 1.54) is 24.3 Å². The van der Waals surface area contributed by atoms with Crippen LogP contribution in [0.25, 0.3) is 5.65 Å². The molecule has 92 valence electrons. The molecular formula is C13H14N4S. The zero-order valence-corrected chi connectivity index (χ0v) is 10.9. The number of hydrogen-bond donors (Lipinski definition) is 0. The molecule has 5 heteroatoms. The van der Waals surface area contributed by atoms with Crippen LogP contribution in [0.5, 0.6) is 0 Å². The van der Waals surface area contributed by atoms with Gasteiger partial charge < -0.3 is 0 Å². The highest BCUT2D eigenvalue weighted by atomic mass is 32.2. The van der Waals surface area contributed by atoms with E-state index in [4.69, 9.17) is 5.26 Å². The number of fused-ring (bicyclic) bond motifs is 1. The van der Waals surface area contributed by atoms with Crippen LogP contribution in [0, 0.1) is 17.2 Å². The van der Waals surface area contributed by atoms with Crippen molar-refractivity contribution >= 4 is 17.4 Å². The van der Waals surface area contributed by atoms with Crippen LogP contribution in [-0.2, 0) is 6.42 Å². The molecule has 1 saturated heterocycles. The van der Waals surface area contributed by atoms with Gasteiger partial charge in [-0.2, -0.15) is 17.0 Å². The van der Waals surface area contributed by atoms with Gasteiger partial charge in [0.1, 0.15) is 11.9 Å². The van der Waals surface area contributed by atoms with Crippen molar-refractivity contribution in [3.63, 3.8) is 0 Å². The largest absolute Gasteiger partial charge is 0.285 e. The van der Waals surface area contributed by atoms with Crippen molar-refractivity contribution in [2.45, 2.75) is 19.3 Å². The Labute approximate surface area is 110 Å². The fourth-order valence-electron chi connectivity index (χ4n) is 2.35. The van der Waals surface area contributed by atoms with Crippen molar-refractivity contribution < 1.29 is 0 Å². The average Bonchev–Trinajstić information content (AvgIpc) is 2.82. The molecule has 0 bridgehead atoms. The molecule has 3 heterocycles. The first-order chi connectivity index (χ1) is 8.86. The Bertz CT molecular complexity index is 593. The van der Waals surface area contributed by atoms with E-state index in [0.717, 1.165) is 17.9 Å². The zero-order valence-electron chi connectivity index (χ0n) is 10.0. The minimum Gasteiger partial charge on any atom is -0.285 e. The Kier molecular flexibility index (Phi) is 3.20. The summed E-state index contributed by atoms with van der Waals surface area (Å²) in [5.74, 6) is 4.21. The number of nitriles is 1. The summed E-state index contributed by atoms with van der Waals surface area (Å²) in [5.41, 5.74) is 1.48. The number of pyridine rings is 1. The molecule has 2 aromatic rings. The molecule has 0 saturated carbocycles. The van der Waals surface area contributed by atoms with Gasteiger partial charge in [-0.25, -0.2) is 0 Å². The molecule has 18 heavy (non-hydrogen) atoms. The van der Waals surface area contributed by atoms with Crippen LogP contribution < -0.4 is 0 Å². The Balaban J connectivity index is 1.89. The number of nitrogens with zero attached hydrogens (tertiary/aromatic N) is 4. The maximum Gasteiger partial charge on any atom is 0.160 e. The highest BCUT2D eigenvalue weighted by Gasteiger charge is 2.17. The van der Waals surface area contributed by atoms with Gasteiger partial charge >= 0.3 is 0 Å². The van der Waals surface area contributed by atoms with Gasteiger partial charge in [-0.1, -0.05) is 0 Å². The van der Waals surface area contributed by atoms with Gasteiger partial charge in [-0.15, -0.1) is 10.2 Å². The molecule has 0 unspecified atom stereocenters. The summed E-state index contributed by atoms with van der Waals surface area (Å²) in [6.07, 6.45) is 5.33. The lowest BCUT2D eigenvalue weighted by Crippen LogP contribution is -2.14. The molecule has 0 aliphatic carbocycles. The quantitative estimate of drug-likeness (QED) is 0.829. The third-order valence-electron chi connectivity index (χ3n) is 3.41. The summed E-state index contributed by atoms with van der Waals surface area (Å²) in [6.45, 7) is 0. The van der Waals surface area contributed by atoms with Crippen molar-refractivity contribution in [2.75, 3.05) is 11.5 Å². The Morgan fingerprint density at radius 1 is 1.33 bits per heavy atom. The first-order valence-corrected chi connectivity index (χ1v) is 7.34. The lowest BCUT2D eigenvalue weighted by Gasteiger charge is -2.20. The zero-order chi connectivity index (χ0) is 12.4. The van der Waals surface area contributed by atoms with Gasteiger partial charge in [0.25, 0.3) is 0 Å². The standard InChI is InChI=1S/C13H14N4S/c14-8-11-1-2-12-15-16-13(17(12)9-11)7-10-3-5-18-6-4-10/h1-2,9-10H,3-7H2. The van der Waals surface area contributed by atoms with Gasteiger partial charge in [0.2, 0.25) is 0 Å². The monoisotopic (exact) mass is 258 g/mol. The Morgan fingerprint density at radius 3 is 2.94 bits per heavy atom. The minimum absolute atomic E-state index is 0.655. The summed E-state index contributed by atoms with van der Waals surface area (Å²) in [7, 11) is 0. The summed E-state index contributed by atoms with van der Waals surface area (Å²) >= 11 is 2.04. The Hall–Kier alpha value is -1.54. The number of aromatic nitrogens is 3. The molecule has 1 fully saturated rings. The van der Waals surface area contributed by atoms with Crippen molar-refractivity contribution in [2.24, 2.45) is 5.92 Å². The van der Waals surface area contributed by atoms with Gasteiger partial charge in [0, 0.05) is 12.6 Å². The van der Waals surface area contributed by atoms with Gasteiger partial charge in [0.15, 0.2) is 5.65 Å². The molecule has 0 radical (unpaired) electrons. The maximum atomic E-state index is 8.94. The third kappa shape index (κ3) is 2.21. The molecule has 0 atom stereocenters. The second-order valence-electron chi connectivity index (χ2n) is 4.63. The molecule has 1 aliphatic heterocycles. The molecule has 2 aromatic heterocycles. The van der Waals surface area contributed by atoms with E-state index in [2.05, 4.69) is 16.3 Å². The highest BCUT2D eigenvalue weighted by Crippen LogP contribution is 2.25. The third-order valence-corrected chi connectivity index (χ3v) is 4.46. The lowest BCUT2D eigenvalue weighted by atomic mass is 9.98. The summed E-state index contributed by atoms with van der Waals surface area (Å²) < 4.78 is 1.96. The highest BCUT2D eigenvalue weighted by molar-refractivity contribution is 7.99. The number of thioether (sulfide) groups is 1. The van der Waals surface area contributed by atoms with E-state index in [0.29, 0.717) is 11.5 Å². The van der Waals surface area contributed by atoms with Gasteiger partial charge in [-0.05, 0) is 42.4 Å². The fourth-order valence-corrected chi connectivity index (χ4v) is 3.56. The molecule has 0 amide bonds. The molecule has 1 aliphatic rings. The van der Waals surface area contributed by atoms with E-state index < -0.39 is 0 Å². The van der Waals surface area contributed by atoms with E-state index >= 15 is 0 Å². The van der Waals surface area contributed by atoms with Crippen LogP contribution in [0.4, 0.5) is 0 Å². The predicted molar refractivity (Wildman–Crippen MR) is 71.5 cm³/mol. The molecule has 4 nitrogen and oxygen atoms in total. The van der Waals surface area contributed by atoms with Crippen LogP contribution >= 0.6 is 11.8 Å². The molecule has 0 N–H and O–H groups in total. The first kappa shape index (κ1) is 11.5. The van der Waals surface area contributed by atoms with E-state index in [1.807, 2.05) is 28.4 Å². The second kappa shape index (κ2) is 4.99. The van der Waals surface area contributed by atoms with E-state index in [-0.39, 0.29) is 0 Å². The summed E-state index contributed by atoms with van der Waals surface area (Å²) in [5, 5.41) is 17.4. The number of rotatable bonds is 2. The molecular weight excluding hydrogens is 244 g/mol. The maximum absolute atomic E-state index is 8.94. The van der Waals surface area contributed by atoms with Crippen LogP contribution in [0.2, 0.25) is 0 Å². The van der Waals surface area contributed by atoms with Crippen LogP contribution in [-0.4, -0.2) is 26.1 Å². The lowest BCUT2D eigenvalue weighted by molar-refractivity contribution is 0.474. The van der Waals surface area contributed by atoms with Crippen molar-refractivity contribution in [3.8, 4) is 6.07 Å². The van der Waals surface area contributed by atoms with Gasteiger partial charge in [0.05, 0.1) is 5.56 Å². The molecule has 0 aromatic carbocycles. The van der Waals surface area contributed by atoms with Gasteiger partial charge in [-0.3, -0.25) is 4.40 Å².